The quantitative estimate of drug-likeness (QED) is 0.547. The Balaban J connectivity index is 1.97. The van der Waals surface area contributed by atoms with E-state index in [1.807, 2.05) is 16.9 Å². The number of fused-ring (bicyclic) bond motifs is 1. The Bertz CT molecular complexity index is 761. The third-order valence-electron chi connectivity index (χ3n) is 2.70. The minimum absolute atomic E-state index is 0.487. The van der Waals surface area contributed by atoms with Gasteiger partial charge in [-0.3, -0.25) is 4.68 Å². The summed E-state index contributed by atoms with van der Waals surface area (Å²) in [6.45, 7) is 6.93. The smallest absolute Gasteiger partial charge is 0.150 e. The predicted molar refractivity (Wildman–Crippen MR) is 84.8 cm³/mol. The lowest BCUT2D eigenvalue weighted by Gasteiger charge is -2.14. The monoisotopic (exact) mass is 323 g/mol. The number of rotatable bonds is 3. The zero-order valence-corrected chi connectivity index (χ0v) is 14.0. The number of hydrogen-bond acceptors (Lipinski definition) is 5. The molecule has 3 aromatic heterocycles. The van der Waals surface area contributed by atoms with Gasteiger partial charge in [-0.1, -0.05) is 36.5 Å². The second-order valence-corrected chi connectivity index (χ2v) is 12.7. The van der Waals surface area contributed by atoms with Gasteiger partial charge in [0, 0.05) is 6.17 Å². The van der Waals surface area contributed by atoms with Gasteiger partial charge in [0.25, 0.3) is 0 Å². The molecule has 0 aliphatic rings. The summed E-state index contributed by atoms with van der Waals surface area (Å²) in [6, 6.07) is 1.98. The molecule has 0 spiro atoms. The predicted octanol–water partition coefficient (Wildman–Crippen LogP) is 3.48. The third kappa shape index (κ3) is 2.74. The van der Waals surface area contributed by atoms with E-state index < -0.39 is 8.07 Å². The van der Waals surface area contributed by atoms with Crippen LogP contribution in [0.5, 0.6) is 0 Å². The van der Waals surface area contributed by atoms with Crippen LogP contribution >= 0.6 is 22.9 Å². The van der Waals surface area contributed by atoms with Crippen molar-refractivity contribution >= 4 is 41.2 Å². The molecule has 3 aromatic rings. The third-order valence-corrected chi connectivity index (χ3v) is 5.52. The van der Waals surface area contributed by atoms with E-state index in [9.17, 15) is 0 Å². The number of hydrogen-bond donors (Lipinski definition) is 0. The van der Waals surface area contributed by atoms with Crippen molar-refractivity contribution in [2.45, 2.75) is 25.8 Å². The zero-order valence-electron chi connectivity index (χ0n) is 11.5. The van der Waals surface area contributed by atoms with Gasteiger partial charge in [0.2, 0.25) is 0 Å². The van der Waals surface area contributed by atoms with Crippen molar-refractivity contribution in [3.05, 3.63) is 23.7 Å². The molecule has 0 unspecified atom stereocenters. The van der Waals surface area contributed by atoms with Gasteiger partial charge in [0.15, 0.2) is 0 Å². The molecule has 0 aromatic carbocycles. The minimum atomic E-state index is -1.21. The van der Waals surface area contributed by atoms with Crippen molar-refractivity contribution in [1.29, 1.82) is 0 Å². The highest BCUT2D eigenvalue weighted by molar-refractivity contribution is 7.22. The Hall–Kier alpha value is -1.31. The van der Waals surface area contributed by atoms with Gasteiger partial charge in [-0.2, -0.15) is 0 Å². The first-order chi connectivity index (χ1) is 9.42. The van der Waals surface area contributed by atoms with Crippen LogP contribution in [0.2, 0.25) is 24.8 Å². The topological polar surface area (TPSA) is 56.5 Å². The summed E-state index contributed by atoms with van der Waals surface area (Å²) in [4.78, 5) is 9.24. The maximum atomic E-state index is 6.07. The summed E-state index contributed by atoms with van der Waals surface area (Å²) in [5, 5.41) is 8.95. The molecule has 8 heteroatoms. The zero-order chi connectivity index (χ0) is 14.3. The molecule has 20 heavy (non-hydrogen) atoms. The highest BCUT2D eigenvalue weighted by Gasteiger charge is 2.16. The number of thiophene rings is 1. The standard InChI is InChI=1S/C12H14ClN5SSi/c1-20(2,3)7-18-5-9(16-17-18)10-4-8-11(19-10)12(13)15-6-14-8/h4-6H,7H2,1-3H3. The van der Waals surface area contributed by atoms with Crippen LogP contribution in [-0.2, 0) is 6.17 Å². The fourth-order valence-electron chi connectivity index (χ4n) is 1.93. The summed E-state index contributed by atoms with van der Waals surface area (Å²) in [5.74, 6) is 0. The van der Waals surface area contributed by atoms with E-state index in [0.29, 0.717) is 5.15 Å². The molecule has 0 fully saturated rings. The van der Waals surface area contributed by atoms with Gasteiger partial charge in [-0.05, 0) is 6.07 Å². The second-order valence-electron chi connectivity index (χ2n) is 5.85. The summed E-state index contributed by atoms with van der Waals surface area (Å²) in [6.07, 6.45) is 4.43. The van der Waals surface area contributed by atoms with Crippen LogP contribution in [0.1, 0.15) is 0 Å². The van der Waals surface area contributed by atoms with E-state index >= 15 is 0 Å². The van der Waals surface area contributed by atoms with Crippen molar-refractivity contribution in [3.8, 4) is 10.6 Å². The molecule has 104 valence electrons. The van der Waals surface area contributed by atoms with Gasteiger partial charge in [0.05, 0.1) is 29.4 Å². The molecule has 3 heterocycles. The highest BCUT2D eigenvalue weighted by Crippen LogP contribution is 2.34. The van der Waals surface area contributed by atoms with Gasteiger partial charge in [-0.15, -0.1) is 16.4 Å². The first-order valence-electron chi connectivity index (χ1n) is 6.23. The van der Waals surface area contributed by atoms with Crippen molar-refractivity contribution in [1.82, 2.24) is 25.0 Å². The van der Waals surface area contributed by atoms with Crippen LogP contribution in [-0.4, -0.2) is 33.0 Å². The molecule has 0 amide bonds. The summed E-state index contributed by atoms with van der Waals surface area (Å²) < 4.78 is 2.82. The molecule has 0 atom stereocenters. The van der Waals surface area contributed by atoms with E-state index in [0.717, 1.165) is 27.0 Å². The van der Waals surface area contributed by atoms with Crippen LogP contribution in [0, 0.1) is 0 Å². The van der Waals surface area contributed by atoms with Crippen LogP contribution < -0.4 is 0 Å². The molecular weight excluding hydrogens is 310 g/mol. The van der Waals surface area contributed by atoms with E-state index in [2.05, 4.69) is 39.9 Å². The van der Waals surface area contributed by atoms with Crippen LogP contribution in [0.4, 0.5) is 0 Å². The first-order valence-corrected chi connectivity index (χ1v) is 11.1. The van der Waals surface area contributed by atoms with Crippen molar-refractivity contribution < 1.29 is 0 Å². The van der Waals surface area contributed by atoms with Crippen LogP contribution in [0.3, 0.4) is 0 Å². The Morgan fingerprint density at radius 1 is 1.30 bits per heavy atom. The minimum Gasteiger partial charge on any atom is -0.255 e. The fourth-order valence-corrected chi connectivity index (χ4v) is 4.25. The summed E-state index contributed by atoms with van der Waals surface area (Å²) in [7, 11) is -1.21. The maximum absolute atomic E-state index is 6.07. The van der Waals surface area contributed by atoms with Gasteiger partial charge in [0.1, 0.15) is 17.2 Å². The summed E-state index contributed by atoms with van der Waals surface area (Å²) in [5.41, 5.74) is 1.71. The largest absolute Gasteiger partial charge is 0.255 e. The molecule has 5 nitrogen and oxygen atoms in total. The normalized spacial score (nSPS) is 12.2. The maximum Gasteiger partial charge on any atom is 0.150 e. The molecule has 0 bridgehead atoms. The molecular formula is C12H14ClN5SSi. The van der Waals surface area contributed by atoms with Gasteiger partial charge >= 0.3 is 0 Å². The Morgan fingerprint density at radius 2 is 2.10 bits per heavy atom. The van der Waals surface area contributed by atoms with Crippen molar-refractivity contribution in [3.63, 3.8) is 0 Å². The van der Waals surface area contributed by atoms with Crippen molar-refractivity contribution in [2.24, 2.45) is 0 Å². The van der Waals surface area contributed by atoms with Gasteiger partial charge < -0.3 is 0 Å². The second kappa shape index (κ2) is 4.91. The Morgan fingerprint density at radius 3 is 2.80 bits per heavy atom. The number of aromatic nitrogens is 5. The fraction of sp³-hybridized carbons (Fsp3) is 0.333. The molecule has 0 aliphatic heterocycles. The Kier molecular flexibility index (Phi) is 3.35. The van der Waals surface area contributed by atoms with Crippen LogP contribution in [0.15, 0.2) is 18.6 Å². The Labute approximate surface area is 126 Å². The van der Waals surface area contributed by atoms with E-state index in [4.69, 9.17) is 11.6 Å². The van der Waals surface area contributed by atoms with E-state index in [1.54, 1.807) is 11.3 Å². The lowest BCUT2D eigenvalue weighted by atomic mass is 10.3. The molecule has 0 saturated heterocycles. The SMILES string of the molecule is C[Si](C)(C)Cn1cc(-c2cc3ncnc(Cl)c3s2)nn1. The molecule has 0 radical (unpaired) electrons. The summed E-state index contributed by atoms with van der Waals surface area (Å²) >= 11 is 7.62. The lowest BCUT2D eigenvalue weighted by Crippen LogP contribution is -2.28. The number of nitrogens with zero attached hydrogens (tertiary/aromatic N) is 5. The average molecular weight is 324 g/mol. The van der Waals surface area contributed by atoms with E-state index in [-0.39, 0.29) is 0 Å². The molecule has 0 saturated carbocycles. The number of halogens is 1. The molecule has 3 rings (SSSR count). The lowest BCUT2D eigenvalue weighted by molar-refractivity contribution is 0.681. The average Bonchev–Trinajstić information content (AvgIpc) is 2.93. The van der Waals surface area contributed by atoms with Crippen LogP contribution in [0.25, 0.3) is 20.8 Å². The van der Waals surface area contributed by atoms with Gasteiger partial charge in [-0.25, -0.2) is 9.97 Å². The molecule has 0 N–H and O–H groups in total. The van der Waals surface area contributed by atoms with Crippen molar-refractivity contribution in [2.75, 3.05) is 0 Å². The van der Waals surface area contributed by atoms with E-state index in [1.165, 1.54) is 6.33 Å². The highest BCUT2D eigenvalue weighted by atomic mass is 35.5. The molecule has 0 aliphatic carbocycles. The first kappa shape index (κ1) is 13.7.